The van der Waals surface area contributed by atoms with Crippen molar-refractivity contribution >= 4 is 39.2 Å². The fourth-order valence-corrected chi connectivity index (χ4v) is 4.19. The van der Waals surface area contributed by atoms with Crippen LogP contribution in [0.4, 0.5) is 11.4 Å². The fraction of sp³-hybridized carbons (Fsp3) is 0. The highest BCUT2D eigenvalue weighted by atomic mass is 16.5. The number of para-hydroxylation sites is 2. The van der Waals surface area contributed by atoms with Crippen LogP contribution >= 0.6 is 0 Å². The van der Waals surface area contributed by atoms with Crippen LogP contribution in [-0.2, 0) is 4.74 Å². The van der Waals surface area contributed by atoms with Gasteiger partial charge < -0.3 is 14.5 Å². The summed E-state index contributed by atoms with van der Waals surface area (Å²) in [6.07, 6.45) is 7.19. The average Bonchev–Trinajstić information content (AvgIpc) is 3.26. The van der Waals surface area contributed by atoms with E-state index in [4.69, 9.17) is 9.15 Å². The molecule has 0 spiro atoms. The van der Waals surface area contributed by atoms with E-state index in [0.717, 1.165) is 50.0 Å². The number of fused-ring (bicyclic) bond motifs is 3. The van der Waals surface area contributed by atoms with Gasteiger partial charge in [0.25, 0.3) is 0 Å². The lowest BCUT2D eigenvalue weighted by Crippen LogP contribution is -2.15. The standard InChI is InChI=1S/C31H22N2O2/c1-2-3-4-12-29-33-31(35-29)22-15-19-24(20-16-22)32-23-17-13-21(14-18-23)25-9-7-10-27-26-8-5-6-11-28(26)34-30(25)27/h2-20,32H,1H2/b4-3-,29-12+. The molecule has 4 aromatic carbocycles. The number of nitrogens with one attached hydrogen (secondary N) is 1. The zero-order valence-corrected chi connectivity index (χ0v) is 18.9. The highest BCUT2D eigenvalue weighted by Gasteiger charge is 2.17. The van der Waals surface area contributed by atoms with Crippen LogP contribution in [-0.4, -0.2) is 5.90 Å². The first-order valence-corrected chi connectivity index (χ1v) is 11.4. The van der Waals surface area contributed by atoms with E-state index in [2.05, 4.69) is 65.4 Å². The van der Waals surface area contributed by atoms with E-state index in [9.17, 15) is 0 Å². The van der Waals surface area contributed by atoms with Gasteiger partial charge in [-0.3, -0.25) is 0 Å². The van der Waals surface area contributed by atoms with Crippen molar-refractivity contribution in [3.63, 3.8) is 0 Å². The largest absolute Gasteiger partial charge is 0.455 e. The molecule has 1 aliphatic heterocycles. The minimum absolute atomic E-state index is 0.596. The number of furan rings is 1. The van der Waals surface area contributed by atoms with E-state index in [1.807, 2.05) is 54.6 Å². The molecule has 35 heavy (non-hydrogen) atoms. The summed E-state index contributed by atoms with van der Waals surface area (Å²) in [5, 5.41) is 5.73. The molecule has 0 amide bonds. The third-order valence-electron chi connectivity index (χ3n) is 5.92. The van der Waals surface area contributed by atoms with Crippen molar-refractivity contribution in [2.24, 2.45) is 4.99 Å². The minimum atomic E-state index is 0.596. The van der Waals surface area contributed by atoms with E-state index in [1.165, 1.54) is 0 Å². The molecule has 1 N–H and O–H groups in total. The second kappa shape index (κ2) is 8.84. The second-order valence-corrected chi connectivity index (χ2v) is 8.20. The molecule has 0 radical (unpaired) electrons. The van der Waals surface area contributed by atoms with Gasteiger partial charge in [-0.05, 0) is 48.0 Å². The summed E-state index contributed by atoms with van der Waals surface area (Å²) >= 11 is 0. The second-order valence-electron chi connectivity index (χ2n) is 8.20. The number of aliphatic imine (C=N–C) groups is 1. The van der Waals surface area contributed by atoms with Crippen LogP contribution < -0.4 is 5.32 Å². The Kier molecular flexibility index (Phi) is 5.24. The Labute approximate surface area is 203 Å². The highest BCUT2D eigenvalue weighted by Crippen LogP contribution is 2.36. The molecule has 168 valence electrons. The predicted molar refractivity (Wildman–Crippen MR) is 144 cm³/mol. The Hall–Kier alpha value is -4.83. The number of rotatable bonds is 6. The van der Waals surface area contributed by atoms with Crippen LogP contribution in [0, 0.1) is 0 Å². The van der Waals surface area contributed by atoms with Crippen molar-refractivity contribution in [2.75, 3.05) is 5.32 Å². The number of hydrogen-bond donors (Lipinski definition) is 1. The van der Waals surface area contributed by atoms with Crippen LogP contribution in [0.1, 0.15) is 5.56 Å². The maximum absolute atomic E-state index is 6.19. The van der Waals surface area contributed by atoms with E-state index in [-0.39, 0.29) is 0 Å². The predicted octanol–water partition coefficient (Wildman–Crippen LogP) is 8.36. The zero-order valence-electron chi connectivity index (χ0n) is 18.9. The molecular formula is C31H22N2O2. The SMILES string of the molecule is C=C/C=C\C=C1/N=C(c2ccc(Nc3ccc(-c4cccc5c4oc4ccccc45)cc3)cc2)O1. The van der Waals surface area contributed by atoms with Crippen LogP contribution in [0.2, 0.25) is 0 Å². The van der Waals surface area contributed by atoms with Crippen molar-refractivity contribution in [2.45, 2.75) is 0 Å². The van der Waals surface area contributed by atoms with Crippen molar-refractivity contribution < 1.29 is 9.15 Å². The molecule has 0 saturated heterocycles. The van der Waals surface area contributed by atoms with Gasteiger partial charge in [-0.15, -0.1) is 0 Å². The maximum atomic E-state index is 6.19. The first-order valence-electron chi connectivity index (χ1n) is 11.4. The topological polar surface area (TPSA) is 46.8 Å². The molecule has 0 atom stereocenters. The third kappa shape index (κ3) is 4.02. The molecule has 0 saturated carbocycles. The molecule has 4 nitrogen and oxygen atoms in total. The molecule has 1 aromatic heterocycles. The van der Waals surface area contributed by atoms with Gasteiger partial charge in [0.1, 0.15) is 11.2 Å². The summed E-state index contributed by atoms with van der Waals surface area (Å²) in [7, 11) is 0. The molecule has 0 unspecified atom stereocenters. The van der Waals surface area contributed by atoms with Crippen molar-refractivity contribution in [1.82, 2.24) is 0 Å². The molecule has 0 fully saturated rings. The number of benzene rings is 4. The Morgan fingerprint density at radius 3 is 2.14 bits per heavy atom. The van der Waals surface area contributed by atoms with Gasteiger partial charge in [-0.2, -0.15) is 4.99 Å². The first-order chi connectivity index (χ1) is 17.3. The number of nitrogens with zero attached hydrogens (tertiary/aromatic N) is 1. The zero-order chi connectivity index (χ0) is 23.6. The van der Waals surface area contributed by atoms with Gasteiger partial charge in [-0.25, -0.2) is 0 Å². The van der Waals surface area contributed by atoms with Gasteiger partial charge in [0.05, 0.1) is 0 Å². The van der Waals surface area contributed by atoms with Crippen molar-refractivity contribution in [3.8, 4) is 11.1 Å². The smallest absolute Gasteiger partial charge is 0.231 e. The quantitative estimate of drug-likeness (QED) is 0.262. The Morgan fingerprint density at radius 1 is 0.714 bits per heavy atom. The van der Waals surface area contributed by atoms with Crippen molar-refractivity contribution in [1.29, 1.82) is 0 Å². The van der Waals surface area contributed by atoms with Gasteiger partial charge in [-0.1, -0.05) is 73.3 Å². The summed E-state index contributed by atoms with van der Waals surface area (Å²) in [6, 6.07) is 30.9. The molecule has 1 aliphatic rings. The third-order valence-corrected chi connectivity index (χ3v) is 5.92. The van der Waals surface area contributed by atoms with Gasteiger partial charge in [0.15, 0.2) is 0 Å². The van der Waals surface area contributed by atoms with Crippen molar-refractivity contribution in [3.05, 3.63) is 133 Å². The fourth-order valence-electron chi connectivity index (χ4n) is 4.19. The molecule has 0 bridgehead atoms. The van der Waals surface area contributed by atoms with E-state index in [1.54, 1.807) is 12.2 Å². The molecular weight excluding hydrogens is 432 g/mol. The summed E-state index contributed by atoms with van der Waals surface area (Å²) in [6.45, 7) is 3.64. The molecule has 6 rings (SSSR count). The Morgan fingerprint density at radius 2 is 1.40 bits per heavy atom. The lowest BCUT2D eigenvalue weighted by atomic mass is 10.0. The monoisotopic (exact) mass is 454 g/mol. The summed E-state index contributed by atoms with van der Waals surface area (Å²) in [4.78, 5) is 4.39. The van der Waals surface area contributed by atoms with Gasteiger partial charge in [0, 0.05) is 39.4 Å². The number of hydrogen-bond acceptors (Lipinski definition) is 4. The van der Waals surface area contributed by atoms with E-state index in [0.29, 0.717) is 11.8 Å². The summed E-state index contributed by atoms with van der Waals surface area (Å²) < 4.78 is 11.8. The first kappa shape index (κ1) is 20.8. The van der Waals surface area contributed by atoms with Crippen LogP contribution in [0.3, 0.4) is 0 Å². The molecule has 4 heteroatoms. The molecule has 2 heterocycles. The normalized spacial score (nSPS) is 14.2. The molecule has 0 aliphatic carbocycles. The number of allylic oxidation sites excluding steroid dienone is 4. The van der Waals surface area contributed by atoms with Gasteiger partial charge >= 0.3 is 0 Å². The van der Waals surface area contributed by atoms with E-state index >= 15 is 0 Å². The number of anilines is 2. The lowest BCUT2D eigenvalue weighted by molar-refractivity contribution is 0.360. The van der Waals surface area contributed by atoms with Gasteiger partial charge in [0.2, 0.25) is 11.8 Å². The lowest BCUT2D eigenvalue weighted by Gasteiger charge is -2.17. The highest BCUT2D eigenvalue weighted by molar-refractivity contribution is 6.09. The van der Waals surface area contributed by atoms with Crippen LogP contribution in [0.25, 0.3) is 33.1 Å². The van der Waals surface area contributed by atoms with Crippen LogP contribution in [0.15, 0.2) is 137 Å². The van der Waals surface area contributed by atoms with E-state index < -0.39 is 0 Å². The average molecular weight is 455 g/mol. The molecule has 5 aromatic rings. The minimum Gasteiger partial charge on any atom is -0.455 e. The summed E-state index contributed by atoms with van der Waals surface area (Å²) in [5.41, 5.74) is 6.97. The van der Waals surface area contributed by atoms with Crippen LogP contribution in [0.5, 0.6) is 0 Å². The Bertz CT molecular complexity index is 1640. The Balaban J connectivity index is 1.19. The number of ether oxygens (including phenoxy) is 1. The maximum Gasteiger partial charge on any atom is 0.231 e. The summed E-state index contributed by atoms with van der Waals surface area (Å²) in [5.74, 6) is 1.22.